The smallest absolute Gasteiger partial charge is 0.253 e. The normalized spacial score (nSPS) is 16.6. The molecule has 1 fully saturated rings. The minimum Gasteiger partial charge on any atom is -0.299 e. The molecule has 5 heteroatoms. The average Bonchev–Trinajstić information content (AvgIpc) is 2.59. The quantitative estimate of drug-likeness (QED) is 0.848. The molecule has 0 N–H and O–H groups in total. The van der Waals surface area contributed by atoms with E-state index in [-0.39, 0.29) is 5.56 Å². The largest absolute Gasteiger partial charge is 0.299 e. The van der Waals surface area contributed by atoms with Gasteiger partial charge < -0.3 is 0 Å². The number of hydrogen-bond acceptors (Lipinski definition) is 4. The van der Waals surface area contributed by atoms with E-state index in [2.05, 4.69) is 34.8 Å². The molecule has 0 aliphatic carbocycles. The number of hydrogen-bond donors (Lipinski definition) is 0. The van der Waals surface area contributed by atoms with Gasteiger partial charge in [0.25, 0.3) is 5.56 Å². The highest BCUT2D eigenvalue weighted by Crippen LogP contribution is 2.20. The fourth-order valence-corrected chi connectivity index (χ4v) is 3.25. The molecule has 24 heavy (non-hydrogen) atoms. The van der Waals surface area contributed by atoms with Gasteiger partial charge in [-0.2, -0.15) is 0 Å². The topological polar surface area (TPSA) is 51.0 Å². The summed E-state index contributed by atoms with van der Waals surface area (Å²) >= 11 is 0. The van der Waals surface area contributed by atoms with Crippen LogP contribution >= 0.6 is 0 Å². The first kappa shape index (κ1) is 16.8. The molecule has 3 rings (SSSR count). The van der Waals surface area contributed by atoms with Gasteiger partial charge in [-0.05, 0) is 49.4 Å². The lowest BCUT2D eigenvalue weighted by Gasteiger charge is -2.32. The molecule has 3 heterocycles. The lowest BCUT2D eigenvalue weighted by molar-refractivity contribution is 0.166. The van der Waals surface area contributed by atoms with Crippen molar-refractivity contribution in [2.75, 3.05) is 13.1 Å². The van der Waals surface area contributed by atoms with Crippen LogP contribution in [0.3, 0.4) is 0 Å². The summed E-state index contributed by atoms with van der Waals surface area (Å²) in [6, 6.07) is 5.80. The average molecular weight is 326 g/mol. The maximum Gasteiger partial charge on any atom is 0.253 e. The molecule has 5 nitrogen and oxygen atoms in total. The lowest BCUT2D eigenvalue weighted by Crippen LogP contribution is -2.36. The van der Waals surface area contributed by atoms with Crippen LogP contribution < -0.4 is 5.56 Å². The number of pyridine rings is 1. The van der Waals surface area contributed by atoms with Gasteiger partial charge in [0.05, 0.1) is 12.0 Å². The molecule has 2 aromatic heterocycles. The van der Waals surface area contributed by atoms with Crippen molar-refractivity contribution in [2.24, 2.45) is 5.92 Å². The van der Waals surface area contributed by atoms with Crippen LogP contribution in [0.25, 0.3) is 0 Å². The molecular weight excluding hydrogens is 300 g/mol. The van der Waals surface area contributed by atoms with Crippen molar-refractivity contribution >= 4 is 0 Å². The number of rotatable bonds is 5. The van der Waals surface area contributed by atoms with E-state index >= 15 is 0 Å². The van der Waals surface area contributed by atoms with E-state index in [9.17, 15) is 4.79 Å². The molecule has 1 aliphatic heterocycles. The summed E-state index contributed by atoms with van der Waals surface area (Å²) in [6.45, 7) is 8.02. The molecule has 0 atom stereocenters. The second-order valence-electron chi connectivity index (χ2n) is 7.04. The van der Waals surface area contributed by atoms with E-state index in [4.69, 9.17) is 0 Å². The molecule has 0 amide bonds. The predicted molar refractivity (Wildman–Crippen MR) is 94.8 cm³/mol. The third kappa shape index (κ3) is 4.29. The first-order valence-corrected chi connectivity index (χ1v) is 8.79. The molecule has 0 bridgehead atoms. The summed E-state index contributed by atoms with van der Waals surface area (Å²) in [4.78, 5) is 23.3. The Labute approximate surface area is 143 Å². The molecule has 1 saturated heterocycles. The molecule has 0 unspecified atom stereocenters. The zero-order valence-electron chi connectivity index (χ0n) is 14.6. The highest BCUT2D eigenvalue weighted by atomic mass is 16.1. The van der Waals surface area contributed by atoms with Gasteiger partial charge in [0, 0.05) is 31.5 Å². The Hall–Kier alpha value is -2.01. The van der Waals surface area contributed by atoms with E-state index in [0.29, 0.717) is 11.8 Å². The van der Waals surface area contributed by atoms with Crippen LogP contribution in [0.1, 0.15) is 43.9 Å². The SMILES string of the molecule is CC(C)c1cc(=O)n(CC2CCN(Cc3cccnc3)CC2)cn1. The summed E-state index contributed by atoms with van der Waals surface area (Å²) in [5.74, 6) is 0.850. The van der Waals surface area contributed by atoms with Crippen LogP contribution in [-0.4, -0.2) is 32.5 Å². The summed E-state index contributed by atoms with van der Waals surface area (Å²) in [5, 5.41) is 0. The van der Waals surface area contributed by atoms with Crippen molar-refractivity contribution in [3.05, 3.63) is 58.5 Å². The van der Waals surface area contributed by atoms with Crippen molar-refractivity contribution in [3.63, 3.8) is 0 Å². The fraction of sp³-hybridized carbons (Fsp3) is 0.526. The highest BCUT2D eigenvalue weighted by Gasteiger charge is 2.20. The monoisotopic (exact) mass is 326 g/mol. The van der Waals surface area contributed by atoms with Gasteiger partial charge >= 0.3 is 0 Å². The standard InChI is InChI=1S/C19H26N4O/c1-15(2)18-10-19(24)23(14-21-18)13-16-5-8-22(9-6-16)12-17-4-3-7-20-11-17/h3-4,7,10-11,14-16H,5-6,8-9,12-13H2,1-2H3. The summed E-state index contributed by atoms with van der Waals surface area (Å²) in [6.07, 6.45) is 7.72. The molecule has 0 saturated carbocycles. The molecule has 0 spiro atoms. The molecule has 128 valence electrons. The van der Waals surface area contributed by atoms with Crippen molar-refractivity contribution in [1.82, 2.24) is 19.4 Å². The van der Waals surface area contributed by atoms with E-state index < -0.39 is 0 Å². The Morgan fingerprint density at radius 1 is 1.29 bits per heavy atom. The van der Waals surface area contributed by atoms with Gasteiger partial charge in [-0.3, -0.25) is 19.2 Å². The Kier molecular flexibility index (Phi) is 5.41. The summed E-state index contributed by atoms with van der Waals surface area (Å²) in [7, 11) is 0. The number of likely N-dealkylation sites (tertiary alicyclic amines) is 1. The summed E-state index contributed by atoms with van der Waals surface area (Å²) < 4.78 is 1.77. The van der Waals surface area contributed by atoms with Gasteiger partial charge in [0.15, 0.2) is 0 Å². The Morgan fingerprint density at radius 2 is 2.08 bits per heavy atom. The second kappa shape index (κ2) is 7.71. The van der Waals surface area contributed by atoms with E-state index in [0.717, 1.165) is 44.7 Å². The maximum absolute atomic E-state index is 12.2. The van der Waals surface area contributed by atoms with Crippen LogP contribution in [0.15, 0.2) is 41.7 Å². The Bertz CT molecular complexity index is 703. The third-order valence-electron chi connectivity index (χ3n) is 4.78. The van der Waals surface area contributed by atoms with Crippen LogP contribution in [0.4, 0.5) is 0 Å². The van der Waals surface area contributed by atoms with Crippen molar-refractivity contribution in [1.29, 1.82) is 0 Å². The van der Waals surface area contributed by atoms with E-state index in [1.807, 2.05) is 18.5 Å². The third-order valence-corrected chi connectivity index (χ3v) is 4.78. The first-order chi connectivity index (χ1) is 11.6. The number of nitrogens with zero attached hydrogens (tertiary/aromatic N) is 4. The highest BCUT2D eigenvalue weighted by molar-refractivity contribution is 5.08. The zero-order valence-corrected chi connectivity index (χ0v) is 14.6. The zero-order chi connectivity index (χ0) is 16.9. The van der Waals surface area contributed by atoms with Crippen LogP contribution in [0, 0.1) is 5.92 Å². The Balaban J connectivity index is 1.53. The van der Waals surface area contributed by atoms with E-state index in [1.165, 1.54) is 5.56 Å². The number of aromatic nitrogens is 3. The van der Waals surface area contributed by atoms with Gasteiger partial charge in [-0.25, -0.2) is 4.98 Å². The van der Waals surface area contributed by atoms with Gasteiger partial charge in [0.1, 0.15) is 0 Å². The summed E-state index contributed by atoms with van der Waals surface area (Å²) in [5.41, 5.74) is 2.22. The van der Waals surface area contributed by atoms with Gasteiger partial charge in [-0.15, -0.1) is 0 Å². The predicted octanol–water partition coefficient (Wildman–Crippen LogP) is 2.67. The molecule has 0 radical (unpaired) electrons. The van der Waals surface area contributed by atoms with Crippen LogP contribution in [-0.2, 0) is 13.1 Å². The van der Waals surface area contributed by atoms with Crippen molar-refractivity contribution in [2.45, 2.75) is 45.7 Å². The fourth-order valence-electron chi connectivity index (χ4n) is 3.25. The molecule has 0 aromatic carbocycles. The molecule has 2 aromatic rings. The van der Waals surface area contributed by atoms with Crippen LogP contribution in [0.2, 0.25) is 0 Å². The van der Waals surface area contributed by atoms with Gasteiger partial charge in [0.2, 0.25) is 0 Å². The van der Waals surface area contributed by atoms with Crippen LogP contribution in [0.5, 0.6) is 0 Å². The lowest BCUT2D eigenvalue weighted by atomic mass is 9.96. The maximum atomic E-state index is 12.2. The molecular formula is C19H26N4O. The second-order valence-corrected chi connectivity index (χ2v) is 7.04. The minimum atomic E-state index is 0.0755. The van der Waals surface area contributed by atoms with Gasteiger partial charge in [-0.1, -0.05) is 19.9 Å². The number of piperidine rings is 1. The first-order valence-electron chi connectivity index (χ1n) is 8.79. The van der Waals surface area contributed by atoms with E-state index in [1.54, 1.807) is 17.0 Å². The van der Waals surface area contributed by atoms with Crippen molar-refractivity contribution in [3.8, 4) is 0 Å². The Morgan fingerprint density at radius 3 is 2.71 bits per heavy atom. The minimum absolute atomic E-state index is 0.0755. The van der Waals surface area contributed by atoms with Crippen molar-refractivity contribution < 1.29 is 0 Å². The molecule has 1 aliphatic rings.